The number of halogens is 1. The lowest BCUT2D eigenvalue weighted by atomic mass is 9.85. The molecule has 24 heavy (non-hydrogen) atoms. The Balaban J connectivity index is 1.43. The topological polar surface area (TPSA) is 66.9 Å². The number of nitrogens with zero attached hydrogens (tertiary/aromatic N) is 2. The van der Waals surface area contributed by atoms with Crippen molar-refractivity contribution in [2.24, 2.45) is 5.92 Å². The summed E-state index contributed by atoms with van der Waals surface area (Å²) in [5.41, 5.74) is 0.835. The Morgan fingerprint density at radius 3 is 2.92 bits per heavy atom. The third kappa shape index (κ3) is 3.18. The molecular weight excluding hydrogens is 344 g/mol. The Morgan fingerprint density at radius 2 is 2.08 bits per heavy atom. The van der Waals surface area contributed by atoms with Gasteiger partial charge in [0.05, 0.1) is 11.1 Å². The van der Waals surface area contributed by atoms with Crippen LogP contribution >= 0.6 is 22.9 Å². The number of benzene rings is 1. The van der Waals surface area contributed by atoms with Crippen molar-refractivity contribution in [3.05, 3.63) is 29.3 Å². The first-order valence-corrected chi connectivity index (χ1v) is 9.55. The molecule has 2 heterocycles. The fourth-order valence-corrected chi connectivity index (χ4v) is 4.80. The molecule has 7 heteroatoms. The maximum absolute atomic E-state index is 12.5. The van der Waals surface area contributed by atoms with E-state index in [1.807, 2.05) is 24.3 Å². The average Bonchev–Trinajstić information content (AvgIpc) is 3.22. The lowest BCUT2D eigenvalue weighted by Gasteiger charge is -2.24. The number of rotatable bonds is 3. The maximum atomic E-state index is 12.5. The molecular formula is C17H19ClN4OS. The van der Waals surface area contributed by atoms with Crippen molar-refractivity contribution < 1.29 is 4.79 Å². The monoisotopic (exact) mass is 362 g/mol. The van der Waals surface area contributed by atoms with Crippen LogP contribution in [0.3, 0.4) is 0 Å². The van der Waals surface area contributed by atoms with Crippen molar-refractivity contribution in [1.29, 1.82) is 0 Å². The van der Waals surface area contributed by atoms with Gasteiger partial charge in [0.1, 0.15) is 0 Å². The van der Waals surface area contributed by atoms with Gasteiger partial charge in [-0.3, -0.25) is 10.1 Å². The molecule has 1 aliphatic heterocycles. The summed E-state index contributed by atoms with van der Waals surface area (Å²) in [6.45, 7) is 0. The van der Waals surface area contributed by atoms with Crippen molar-refractivity contribution in [1.82, 2.24) is 15.5 Å². The lowest BCUT2D eigenvalue weighted by molar-refractivity contribution is -0.117. The van der Waals surface area contributed by atoms with Crippen molar-refractivity contribution in [2.75, 3.05) is 5.32 Å². The maximum Gasteiger partial charge on any atom is 0.243 e. The highest BCUT2D eigenvalue weighted by Crippen LogP contribution is 2.34. The smallest absolute Gasteiger partial charge is 0.243 e. The summed E-state index contributed by atoms with van der Waals surface area (Å²) in [6, 6.07) is 7.89. The second-order valence-electron chi connectivity index (χ2n) is 6.49. The van der Waals surface area contributed by atoms with E-state index in [4.69, 9.17) is 11.6 Å². The summed E-state index contributed by atoms with van der Waals surface area (Å²) < 4.78 is 0. The van der Waals surface area contributed by atoms with Crippen LogP contribution in [0.5, 0.6) is 0 Å². The zero-order valence-electron chi connectivity index (χ0n) is 13.2. The van der Waals surface area contributed by atoms with E-state index < -0.39 is 0 Å². The fraction of sp³-hybridized carbons (Fsp3) is 0.471. The number of anilines is 1. The van der Waals surface area contributed by atoms with E-state index in [1.54, 1.807) is 0 Å². The van der Waals surface area contributed by atoms with Gasteiger partial charge in [0.2, 0.25) is 11.0 Å². The molecule has 0 bridgehead atoms. The largest absolute Gasteiger partial charge is 0.303 e. The molecule has 1 amide bonds. The minimum Gasteiger partial charge on any atom is -0.303 e. The highest BCUT2D eigenvalue weighted by molar-refractivity contribution is 7.18. The van der Waals surface area contributed by atoms with Crippen LogP contribution in [0.15, 0.2) is 24.3 Å². The van der Waals surface area contributed by atoms with Crippen molar-refractivity contribution in [3.8, 4) is 10.6 Å². The van der Waals surface area contributed by atoms with Crippen LogP contribution in [0.25, 0.3) is 10.6 Å². The van der Waals surface area contributed by atoms with E-state index in [2.05, 4.69) is 20.8 Å². The molecule has 2 fully saturated rings. The number of fused-ring (bicyclic) bond motifs is 1. The lowest BCUT2D eigenvalue weighted by Crippen LogP contribution is -2.39. The van der Waals surface area contributed by atoms with Crippen LogP contribution in [-0.4, -0.2) is 28.2 Å². The highest BCUT2D eigenvalue weighted by Gasteiger charge is 2.38. The highest BCUT2D eigenvalue weighted by atomic mass is 35.5. The molecule has 1 aromatic heterocycles. The second-order valence-corrected chi connectivity index (χ2v) is 7.87. The average molecular weight is 363 g/mol. The molecule has 1 saturated carbocycles. The normalized spacial score (nSPS) is 26.1. The van der Waals surface area contributed by atoms with Crippen molar-refractivity contribution in [2.45, 2.75) is 44.2 Å². The molecule has 3 atom stereocenters. The van der Waals surface area contributed by atoms with Gasteiger partial charge < -0.3 is 5.32 Å². The first-order chi connectivity index (χ1) is 11.7. The molecule has 0 spiro atoms. The van der Waals surface area contributed by atoms with Crippen LogP contribution in [-0.2, 0) is 4.79 Å². The molecule has 1 aliphatic carbocycles. The second kappa shape index (κ2) is 6.78. The number of aromatic nitrogens is 2. The molecule has 0 radical (unpaired) electrons. The van der Waals surface area contributed by atoms with Gasteiger partial charge in [-0.15, -0.1) is 10.2 Å². The van der Waals surface area contributed by atoms with E-state index >= 15 is 0 Å². The Labute approximate surface area is 149 Å². The number of hydrogen-bond donors (Lipinski definition) is 2. The summed E-state index contributed by atoms with van der Waals surface area (Å²) in [6.07, 6.45) is 5.89. The molecule has 4 rings (SSSR count). The van der Waals surface area contributed by atoms with Gasteiger partial charge in [-0.2, -0.15) is 0 Å². The van der Waals surface area contributed by atoms with E-state index in [-0.39, 0.29) is 11.9 Å². The first kappa shape index (κ1) is 16.0. The van der Waals surface area contributed by atoms with Gasteiger partial charge in [-0.05, 0) is 31.2 Å². The number of nitrogens with one attached hydrogen (secondary N) is 2. The van der Waals surface area contributed by atoms with E-state index in [1.165, 1.54) is 37.0 Å². The molecule has 126 valence electrons. The van der Waals surface area contributed by atoms with Gasteiger partial charge in [0, 0.05) is 11.6 Å². The van der Waals surface area contributed by atoms with Gasteiger partial charge in [-0.25, -0.2) is 0 Å². The predicted octanol–water partition coefficient (Wildman–Crippen LogP) is 3.72. The molecule has 2 aromatic rings. The Kier molecular flexibility index (Phi) is 4.52. The van der Waals surface area contributed by atoms with Crippen molar-refractivity contribution in [3.63, 3.8) is 0 Å². The summed E-state index contributed by atoms with van der Waals surface area (Å²) in [7, 11) is 0. The first-order valence-electron chi connectivity index (χ1n) is 8.36. The number of carbonyl (C=O) groups excluding carboxylic acids is 1. The molecule has 3 unspecified atom stereocenters. The van der Waals surface area contributed by atoms with Gasteiger partial charge in [0.25, 0.3) is 0 Å². The third-order valence-corrected chi connectivity index (χ3v) is 6.14. The zero-order valence-corrected chi connectivity index (χ0v) is 14.7. The summed E-state index contributed by atoms with van der Waals surface area (Å²) >= 11 is 7.54. The minimum atomic E-state index is -0.120. The van der Waals surface area contributed by atoms with E-state index in [0.29, 0.717) is 27.1 Å². The fourth-order valence-electron chi connectivity index (χ4n) is 3.73. The standard InChI is InChI=1S/C17H19ClN4OS/c18-12-7-3-2-6-11(12)16-21-22-17(24-16)20-15(23)14-9-10-5-1-4-8-13(10)19-14/h2-3,6-7,10,13-14,19H,1,4-5,8-9H2,(H,20,22,23). The van der Waals surface area contributed by atoms with Gasteiger partial charge >= 0.3 is 0 Å². The van der Waals surface area contributed by atoms with Gasteiger partial charge in [-0.1, -0.05) is 54.0 Å². The van der Waals surface area contributed by atoms with Crippen LogP contribution in [0.4, 0.5) is 5.13 Å². The number of amides is 1. The van der Waals surface area contributed by atoms with Crippen LogP contribution < -0.4 is 10.6 Å². The molecule has 2 N–H and O–H groups in total. The van der Waals surface area contributed by atoms with E-state index in [0.717, 1.165) is 12.0 Å². The van der Waals surface area contributed by atoms with E-state index in [9.17, 15) is 4.79 Å². The SMILES string of the molecule is O=C(Nc1nnc(-c2ccccc2Cl)s1)C1CC2CCCCC2N1. The Hall–Kier alpha value is -1.50. The summed E-state index contributed by atoms with van der Waals surface area (Å²) in [5, 5.41) is 16.5. The molecule has 5 nitrogen and oxygen atoms in total. The minimum absolute atomic E-state index is 0.00809. The predicted molar refractivity (Wildman–Crippen MR) is 96.3 cm³/mol. The van der Waals surface area contributed by atoms with Crippen LogP contribution in [0, 0.1) is 5.92 Å². The third-order valence-electron chi connectivity index (χ3n) is 4.94. The molecule has 1 saturated heterocycles. The van der Waals surface area contributed by atoms with Crippen LogP contribution in [0.2, 0.25) is 5.02 Å². The van der Waals surface area contributed by atoms with Crippen molar-refractivity contribution >= 4 is 34.0 Å². The quantitative estimate of drug-likeness (QED) is 0.873. The molecule has 1 aromatic carbocycles. The zero-order chi connectivity index (χ0) is 16.5. The number of hydrogen-bond acceptors (Lipinski definition) is 5. The summed E-state index contributed by atoms with van der Waals surface area (Å²) in [4.78, 5) is 12.5. The summed E-state index contributed by atoms with van der Waals surface area (Å²) in [5.74, 6) is 0.633. The Bertz CT molecular complexity index is 736. The Morgan fingerprint density at radius 1 is 1.25 bits per heavy atom. The number of carbonyl (C=O) groups is 1. The van der Waals surface area contributed by atoms with Gasteiger partial charge in [0.15, 0.2) is 5.01 Å². The molecule has 2 aliphatic rings. The van der Waals surface area contributed by atoms with Crippen LogP contribution in [0.1, 0.15) is 32.1 Å².